The van der Waals surface area contributed by atoms with Crippen LogP contribution in [0.4, 0.5) is 0 Å². The van der Waals surface area contributed by atoms with Gasteiger partial charge < -0.3 is 5.73 Å². The highest BCUT2D eigenvalue weighted by molar-refractivity contribution is 7.99. The summed E-state index contributed by atoms with van der Waals surface area (Å²) in [4.78, 5) is 1.25. The van der Waals surface area contributed by atoms with Crippen LogP contribution in [0.5, 0.6) is 0 Å². The molecule has 0 atom stereocenters. The first-order valence-electron chi connectivity index (χ1n) is 4.62. The van der Waals surface area contributed by atoms with E-state index in [1.54, 1.807) is 0 Å². The number of hydrogen-bond acceptors (Lipinski definition) is 2. The van der Waals surface area contributed by atoms with Crippen LogP contribution in [0.3, 0.4) is 0 Å². The average Bonchev–Trinajstić information content (AvgIpc) is 2.17. The second kappa shape index (κ2) is 5.06. The van der Waals surface area contributed by atoms with Crippen molar-refractivity contribution in [3.05, 3.63) is 29.3 Å². The quantitative estimate of drug-likeness (QED) is 0.801. The minimum atomic E-state index is 0.199. The highest BCUT2D eigenvalue weighted by Crippen LogP contribution is 2.27. The number of rotatable bonds is 4. The van der Waals surface area contributed by atoms with Gasteiger partial charge in [0.15, 0.2) is 0 Å². The van der Waals surface area contributed by atoms with Crippen molar-refractivity contribution in [2.24, 2.45) is 11.1 Å². The van der Waals surface area contributed by atoms with Gasteiger partial charge in [-0.25, -0.2) is 0 Å². The maximum absolute atomic E-state index is 5.80. The molecule has 1 nitrogen and oxygen atoms in total. The summed E-state index contributed by atoms with van der Waals surface area (Å²) in [7, 11) is 0. The predicted octanol–water partition coefficient (Wildman–Crippen LogP) is 3.42. The lowest BCUT2D eigenvalue weighted by Crippen LogP contribution is -2.25. The van der Waals surface area contributed by atoms with Gasteiger partial charge in [-0.2, -0.15) is 0 Å². The average molecular weight is 230 g/mol. The second-order valence-corrected chi connectivity index (χ2v) is 5.60. The van der Waals surface area contributed by atoms with Crippen molar-refractivity contribution in [3.8, 4) is 0 Å². The molecule has 0 spiro atoms. The molecule has 0 amide bonds. The van der Waals surface area contributed by atoms with E-state index < -0.39 is 0 Å². The standard InChI is InChI=1S/C11H16ClNS/c1-11(2,7-13)8-14-10-5-3-9(12)4-6-10/h3-6H,7-8,13H2,1-2H3. The molecule has 0 saturated heterocycles. The Balaban J connectivity index is 2.50. The Morgan fingerprint density at radius 1 is 1.29 bits per heavy atom. The van der Waals surface area contributed by atoms with Gasteiger partial charge >= 0.3 is 0 Å². The van der Waals surface area contributed by atoms with Crippen molar-refractivity contribution < 1.29 is 0 Å². The molecule has 1 aromatic carbocycles. The van der Waals surface area contributed by atoms with E-state index in [9.17, 15) is 0 Å². The zero-order valence-electron chi connectivity index (χ0n) is 8.59. The van der Waals surface area contributed by atoms with Crippen molar-refractivity contribution >= 4 is 23.4 Å². The van der Waals surface area contributed by atoms with Crippen LogP contribution in [0, 0.1) is 5.41 Å². The second-order valence-electron chi connectivity index (χ2n) is 4.11. The molecule has 0 aromatic heterocycles. The molecule has 0 bridgehead atoms. The van der Waals surface area contributed by atoms with Gasteiger partial charge in [0.25, 0.3) is 0 Å². The minimum Gasteiger partial charge on any atom is -0.330 e. The van der Waals surface area contributed by atoms with Gasteiger partial charge in [-0.05, 0) is 36.2 Å². The minimum absolute atomic E-state index is 0.199. The van der Waals surface area contributed by atoms with Crippen LogP contribution in [0.25, 0.3) is 0 Å². The van der Waals surface area contributed by atoms with E-state index in [0.717, 1.165) is 10.8 Å². The lowest BCUT2D eigenvalue weighted by Gasteiger charge is -2.21. The maximum atomic E-state index is 5.80. The Hall–Kier alpha value is -0.180. The Morgan fingerprint density at radius 2 is 1.86 bits per heavy atom. The van der Waals surface area contributed by atoms with E-state index in [0.29, 0.717) is 6.54 Å². The molecule has 0 heterocycles. The summed E-state index contributed by atoms with van der Waals surface area (Å²) >= 11 is 7.62. The largest absolute Gasteiger partial charge is 0.330 e. The topological polar surface area (TPSA) is 26.0 Å². The molecular formula is C11H16ClNS. The normalized spacial score (nSPS) is 11.7. The van der Waals surface area contributed by atoms with E-state index in [4.69, 9.17) is 17.3 Å². The van der Waals surface area contributed by atoms with Gasteiger partial charge in [-0.15, -0.1) is 11.8 Å². The maximum Gasteiger partial charge on any atom is 0.0406 e. The summed E-state index contributed by atoms with van der Waals surface area (Å²) in [5, 5.41) is 0.785. The summed E-state index contributed by atoms with van der Waals surface area (Å²) < 4.78 is 0. The third-order valence-electron chi connectivity index (χ3n) is 2.00. The number of halogens is 1. The van der Waals surface area contributed by atoms with E-state index in [1.165, 1.54) is 4.90 Å². The van der Waals surface area contributed by atoms with Crippen molar-refractivity contribution in [3.63, 3.8) is 0 Å². The predicted molar refractivity (Wildman–Crippen MR) is 65.0 cm³/mol. The fourth-order valence-electron chi connectivity index (χ4n) is 0.868. The van der Waals surface area contributed by atoms with Gasteiger partial charge in [0, 0.05) is 15.7 Å². The van der Waals surface area contributed by atoms with Crippen molar-refractivity contribution in [2.75, 3.05) is 12.3 Å². The van der Waals surface area contributed by atoms with Gasteiger partial charge in [0.1, 0.15) is 0 Å². The lowest BCUT2D eigenvalue weighted by molar-refractivity contribution is 0.438. The van der Waals surface area contributed by atoms with Crippen LogP contribution in [0.1, 0.15) is 13.8 Å². The molecule has 0 radical (unpaired) electrons. The van der Waals surface area contributed by atoms with Crippen LogP contribution in [0.2, 0.25) is 5.02 Å². The van der Waals surface area contributed by atoms with Crippen LogP contribution in [-0.4, -0.2) is 12.3 Å². The Bertz CT molecular complexity index is 282. The van der Waals surface area contributed by atoms with Crippen molar-refractivity contribution in [1.82, 2.24) is 0 Å². The summed E-state index contributed by atoms with van der Waals surface area (Å²) in [6.45, 7) is 5.07. The highest BCUT2D eigenvalue weighted by atomic mass is 35.5. The molecule has 3 heteroatoms. The number of thioether (sulfide) groups is 1. The zero-order chi connectivity index (χ0) is 10.6. The molecule has 78 valence electrons. The molecule has 0 aliphatic heterocycles. The van der Waals surface area contributed by atoms with Gasteiger partial charge in [-0.1, -0.05) is 25.4 Å². The number of hydrogen-bond donors (Lipinski definition) is 1. The van der Waals surface area contributed by atoms with E-state index in [-0.39, 0.29) is 5.41 Å². The van der Waals surface area contributed by atoms with Gasteiger partial charge in [0.2, 0.25) is 0 Å². The van der Waals surface area contributed by atoms with Crippen LogP contribution in [-0.2, 0) is 0 Å². The van der Waals surface area contributed by atoms with Crippen molar-refractivity contribution in [1.29, 1.82) is 0 Å². The summed E-state index contributed by atoms with van der Waals surface area (Å²) in [5.74, 6) is 1.03. The Labute approximate surface area is 95.0 Å². The molecule has 0 aliphatic carbocycles. The van der Waals surface area contributed by atoms with Gasteiger partial charge in [-0.3, -0.25) is 0 Å². The Kier molecular flexibility index (Phi) is 4.30. The van der Waals surface area contributed by atoms with Gasteiger partial charge in [0.05, 0.1) is 0 Å². The van der Waals surface area contributed by atoms with Crippen molar-refractivity contribution in [2.45, 2.75) is 18.7 Å². The molecule has 0 unspecified atom stereocenters. The molecule has 0 fully saturated rings. The summed E-state index contributed by atoms with van der Waals surface area (Å²) in [6, 6.07) is 7.91. The molecule has 14 heavy (non-hydrogen) atoms. The van der Waals surface area contributed by atoms with Crippen LogP contribution >= 0.6 is 23.4 Å². The fourth-order valence-corrected chi connectivity index (χ4v) is 2.00. The molecule has 0 aliphatic rings. The van der Waals surface area contributed by atoms with E-state index >= 15 is 0 Å². The molecule has 1 aromatic rings. The smallest absolute Gasteiger partial charge is 0.0406 e. The third-order valence-corrected chi connectivity index (χ3v) is 3.78. The van der Waals surface area contributed by atoms with Crippen LogP contribution in [0.15, 0.2) is 29.2 Å². The zero-order valence-corrected chi connectivity index (χ0v) is 10.2. The first kappa shape index (κ1) is 11.9. The monoisotopic (exact) mass is 229 g/mol. The van der Waals surface area contributed by atoms with E-state index in [1.807, 2.05) is 36.0 Å². The molecule has 1 rings (SSSR count). The highest BCUT2D eigenvalue weighted by Gasteiger charge is 2.15. The van der Waals surface area contributed by atoms with Crippen LogP contribution < -0.4 is 5.73 Å². The lowest BCUT2D eigenvalue weighted by atomic mass is 9.97. The number of benzene rings is 1. The first-order valence-corrected chi connectivity index (χ1v) is 5.98. The molecule has 2 N–H and O–H groups in total. The first-order chi connectivity index (χ1) is 6.53. The SMILES string of the molecule is CC(C)(CN)CSc1ccc(Cl)cc1. The summed E-state index contributed by atoms with van der Waals surface area (Å²) in [6.07, 6.45) is 0. The van der Waals surface area contributed by atoms with E-state index in [2.05, 4.69) is 13.8 Å². The fraction of sp³-hybridized carbons (Fsp3) is 0.455. The summed E-state index contributed by atoms with van der Waals surface area (Å²) in [5.41, 5.74) is 5.86. The molecular weight excluding hydrogens is 214 g/mol. The molecule has 0 saturated carbocycles. The third kappa shape index (κ3) is 3.91. The number of nitrogens with two attached hydrogens (primary N) is 1. The Morgan fingerprint density at radius 3 is 2.36 bits per heavy atom.